The first-order valence-corrected chi connectivity index (χ1v) is 14.3. The molecule has 0 spiro atoms. The molecular formula is C32H26BrN5O2S. The van der Waals surface area contributed by atoms with Crippen LogP contribution >= 0.6 is 28.1 Å². The number of halogens is 1. The van der Waals surface area contributed by atoms with Crippen molar-refractivity contribution < 1.29 is 9.53 Å². The van der Waals surface area contributed by atoms with Crippen molar-refractivity contribution in [1.82, 2.24) is 14.9 Å². The van der Waals surface area contributed by atoms with Crippen molar-refractivity contribution in [3.8, 4) is 11.4 Å². The van der Waals surface area contributed by atoms with Gasteiger partial charge < -0.3 is 24.8 Å². The van der Waals surface area contributed by atoms with Gasteiger partial charge in [-0.2, -0.15) is 0 Å². The minimum atomic E-state index is -0.236. The monoisotopic (exact) mass is 623 g/mol. The van der Waals surface area contributed by atoms with Gasteiger partial charge in [-0.1, -0.05) is 46.3 Å². The van der Waals surface area contributed by atoms with E-state index in [1.54, 1.807) is 6.20 Å². The fourth-order valence-electron chi connectivity index (χ4n) is 5.00. The van der Waals surface area contributed by atoms with Crippen molar-refractivity contribution in [1.29, 1.82) is 0 Å². The third-order valence-electron chi connectivity index (χ3n) is 6.81. The second-order valence-electron chi connectivity index (χ2n) is 9.48. The zero-order chi connectivity index (χ0) is 28.2. The van der Waals surface area contributed by atoms with Gasteiger partial charge >= 0.3 is 0 Å². The Balaban J connectivity index is 1.29. The Labute approximate surface area is 251 Å². The van der Waals surface area contributed by atoms with Gasteiger partial charge in [-0.3, -0.25) is 9.78 Å². The quantitative estimate of drug-likeness (QED) is 0.185. The van der Waals surface area contributed by atoms with E-state index in [1.807, 2.05) is 91.0 Å². The average Bonchev–Trinajstić information content (AvgIpc) is 3.62. The van der Waals surface area contributed by atoms with E-state index < -0.39 is 0 Å². The number of ether oxygens (including phenoxy) is 1. The summed E-state index contributed by atoms with van der Waals surface area (Å²) in [5.41, 5.74) is 4.55. The molecule has 9 heteroatoms. The van der Waals surface area contributed by atoms with E-state index >= 15 is 0 Å². The van der Waals surface area contributed by atoms with E-state index in [0.29, 0.717) is 16.5 Å². The topological polar surface area (TPSA) is 71.4 Å². The summed E-state index contributed by atoms with van der Waals surface area (Å²) in [5, 5.41) is 7.01. The average molecular weight is 625 g/mol. The van der Waals surface area contributed by atoms with Gasteiger partial charge in [-0.25, -0.2) is 0 Å². The molecule has 41 heavy (non-hydrogen) atoms. The first-order valence-electron chi connectivity index (χ1n) is 13.1. The number of pyridine rings is 1. The standard InChI is InChI=1S/C32H26BrN5O2S/c33-22-8-6-9-25(20-22)37-19-7-13-28(37)31-30(27-12-4-5-18-34-27)36-32(41)38(31)24-16-14-23(15-17-24)35-29(39)21-40-26-10-2-1-3-11-26/h1-20,30-31H,21H2,(H,35,39)(H,36,41)/t30-,31-/m0/s1. The number of anilines is 2. The molecule has 2 aromatic heterocycles. The van der Waals surface area contributed by atoms with Crippen LogP contribution in [0.5, 0.6) is 5.75 Å². The summed E-state index contributed by atoms with van der Waals surface area (Å²) < 4.78 is 8.74. The number of aromatic nitrogens is 2. The fourth-order valence-corrected chi connectivity index (χ4v) is 5.73. The highest BCUT2D eigenvalue weighted by atomic mass is 79.9. The Morgan fingerprint density at radius 3 is 2.49 bits per heavy atom. The number of benzene rings is 3. The molecule has 0 unspecified atom stereocenters. The number of amides is 1. The van der Waals surface area contributed by atoms with Crippen LogP contribution < -0.4 is 20.3 Å². The minimum absolute atomic E-state index is 0.0771. The molecule has 3 heterocycles. The SMILES string of the molecule is O=C(COc1ccccc1)Nc1ccc(N2C(=S)N[C@@H](c3ccccn3)[C@@H]2c2cccn2-c2cccc(Br)c2)cc1. The molecule has 204 valence electrons. The molecule has 3 aromatic carbocycles. The Morgan fingerprint density at radius 2 is 1.73 bits per heavy atom. The lowest BCUT2D eigenvalue weighted by Crippen LogP contribution is -2.30. The van der Waals surface area contributed by atoms with Crippen molar-refractivity contribution in [2.75, 3.05) is 16.8 Å². The molecule has 0 saturated carbocycles. The zero-order valence-corrected chi connectivity index (χ0v) is 24.3. The highest BCUT2D eigenvalue weighted by molar-refractivity contribution is 9.10. The Bertz CT molecular complexity index is 1660. The maximum absolute atomic E-state index is 12.5. The van der Waals surface area contributed by atoms with Crippen LogP contribution in [0.3, 0.4) is 0 Å². The van der Waals surface area contributed by atoms with E-state index in [-0.39, 0.29) is 24.6 Å². The Kier molecular flexibility index (Phi) is 7.80. The highest BCUT2D eigenvalue weighted by Gasteiger charge is 2.42. The van der Waals surface area contributed by atoms with Gasteiger partial charge in [0.05, 0.1) is 11.7 Å². The maximum Gasteiger partial charge on any atom is 0.262 e. The van der Waals surface area contributed by atoms with Crippen LogP contribution in [0.25, 0.3) is 5.69 Å². The molecule has 1 saturated heterocycles. The van der Waals surface area contributed by atoms with E-state index in [2.05, 4.69) is 65.4 Å². The van der Waals surface area contributed by atoms with Crippen LogP contribution in [-0.4, -0.2) is 27.2 Å². The Morgan fingerprint density at radius 1 is 0.927 bits per heavy atom. The second-order valence-corrected chi connectivity index (χ2v) is 10.8. The van der Waals surface area contributed by atoms with Crippen molar-refractivity contribution in [2.45, 2.75) is 12.1 Å². The number of rotatable bonds is 8. The summed E-state index contributed by atoms with van der Waals surface area (Å²) in [6, 6.07) is 34.8. The summed E-state index contributed by atoms with van der Waals surface area (Å²) in [6.07, 6.45) is 3.86. The molecule has 6 rings (SSSR count). The molecule has 0 radical (unpaired) electrons. The van der Waals surface area contributed by atoms with Gasteiger partial charge in [0, 0.05) is 39.6 Å². The fraction of sp³-hybridized carbons (Fsp3) is 0.0938. The molecule has 1 aliphatic rings. The highest BCUT2D eigenvalue weighted by Crippen LogP contribution is 2.42. The molecule has 2 N–H and O–H groups in total. The number of hydrogen-bond acceptors (Lipinski definition) is 4. The van der Waals surface area contributed by atoms with E-state index in [1.165, 1.54) is 0 Å². The van der Waals surface area contributed by atoms with Crippen molar-refractivity contribution >= 4 is 50.5 Å². The van der Waals surface area contributed by atoms with Gasteiger partial charge in [0.1, 0.15) is 11.8 Å². The predicted molar refractivity (Wildman–Crippen MR) is 168 cm³/mol. The molecule has 1 aliphatic heterocycles. The molecule has 1 amide bonds. The molecule has 7 nitrogen and oxygen atoms in total. The van der Waals surface area contributed by atoms with Gasteiger partial charge in [0.15, 0.2) is 11.7 Å². The molecular weight excluding hydrogens is 598 g/mol. The van der Waals surface area contributed by atoms with Crippen molar-refractivity contribution in [3.63, 3.8) is 0 Å². The normalized spacial score (nSPS) is 16.3. The number of para-hydroxylation sites is 1. The molecule has 2 atom stereocenters. The maximum atomic E-state index is 12.5. The first kappa shape index (κ1) is 26.7. The van der Waals surface area contributed by atoms with E-state index in [0.717, 1.165) is 27.2 Å². The third kappa shape index (κ3) is 5.86. The number of hydrogen-bond donors (Lipinski definition) is 2. The molecule has 5 aromatic rings. The zero-order valence-electron chi connectivity index (χ0n) is 21.9. The van der Waals surface area contributed by atoms with Crippen LogP contribution in [0.15, 0.2) is 126 Å². The Hall–Kier alpha value is -4.47. The lowest BCUT2D eigenvalue weighted by Gasteiger charge is -2.29. The summed E-state index contributed by atoms with van der Waals surface area (Å²) in [6.45, 7) is -0.0771. The molecule has 0 aliphatic carbocycles. The summed E-state index contributed by atoms with van der Waals surface area (Å²) >= 11 is 9.50. The van der Waals surface area contributed by atoms with Crippen molar-refractivity contribution in [3.05, 3.63) is 137 Å². The van der Waals surface area contributed by atoms with Crippen LogP contribution in [0.1, 0.15) is 23.5 Å². The number of thiocarbonyl (C=S) groups is 1. The van der Waals surface area contributed by atoms with Gasteiger partial charge in [0.25, 0.3) is 5.91 Å². The summed E-state index contributed by atoms with van der Waals surface area (Å²) in [5.74, 6) is 0.411. The van der Waals surface area contributed by atoms with Gasteiger partial charge in [0.2, 0.25) is 0 Å². The third-order valence-corrected chi connectivity index (χ3v) is 7.62. The van der Waals surface area contributed by atoms with Crippen LogP contribution in [0.2, 0.25) is 0 Å². The largest absolute Gasteiger partial charge is 0.484 e. The number of nitrogens with one attached hydrogen (secondary N) is 2. The molecule has 1 fully saturated rings. The number of nitrogens with zero attached hydrogens (tertiary/aromatic N) is 3. The van der Waals surface area contributed by atoms with Crippen molar-refractivity contribution in [2.24, 2.45) is 0 Å². The second kappa shape index (κ2) is 12.0. The van der Waals surface area contributed by atoms with Crippen LogP contribution in [-0.2, 0) is 4.79 Å². The number of carbonyl (C=O) groups excluding carboxylic acids is 1. The lowest BCUT2D eigenvalue weighted by atomic mass is 10.0. The minimum Gasteiger partial charge on any atom is -0.484 e. The molecule has 0 bridgehead atoms. The van der Waals surface area contributed by atoms with E-state index in [4.69, 9.17) is 17.0 Å². The van der Waals surface area contributed by atoms with Gasteiger partial charge in [-0.15, -0.1) is 0 Å². The first-order chi connectivity index (χ1) is 20.1. The number of carbonyl (C=O) groups is 1. The lowest BCUT2D eigenvalue weighted by molar-refractivity contribution is -0.118. The van der Waals surface area contributed by atoms with Crippen LogP contribution in [0.4, 0.5) is 11.4 Å². The summed E-state index contributed by atoms with van der Waals surface area (Å²) in [4.78, 5) is 19.3. The smallest absolute Gasteiger partial charge is 0.262 e. The summed E-state index contributed by atoms with van der Waals surface area (Å²) in [7, 11) is 0. The predicted octanol–water partition coefficient (Wildman–Crippen LogP) is 6.83. The van der Waals surface area contributed by atoms with E-state index in [9.17, 15) is 4.79 Å². The van der Waals surface area contributed by atoms with Gasteiger partial charge in [-0.05, 0) is 91.1 Å². The van der Waals surface area contributed by atoms with Crippen LogP contribution in [0, 0.1) is 0 Å².